The summed E-state index contributed by atoms with van der Waals surface area (Å²) in [7, 11) is 1.38. The average Bonchev–Trinajstić information content (AvgIpc) is 3.38. The smallest absolute Gasteiger partial charge is 0.318 e. The van der Waals surface area contributed by atoms with E-state index in [1.165, 1.54) is 18.9 Å². The standard InChI is InChI=1S/C22H22N4O3S/c1-4-29-16-11-9-15(10-12-16)26-20(18-13-23-19-8-6-5-7-17(18)19)24-25-22(26)30-14(2)21(27)28-3/h5-14,23H,4H2,1-3H3/t14-/m1/s1. The maximum absolute atomic E-state index is 12.0. The quantitative estimate of drug-likeness (QED) is 0.350. The number of nitrogens with one attached hydrogen (secondary N) is 1. The third-order valence-electron chi connectivity index (χ3n) is 4.68. The molecule has 4 rings (SSSR count). The number of esters is 1. The van der Waals surface area contributed by atoms with Crippen LogP contribution in [0.5, 0.6) is 5.75 Å². The molecule has 0 spiro atoms. The number of H-pyrrole nitrogens is 1. The van der Waals surface area contributed by atoms with E-state index in [9.17, 15) is 4.79 Å². The number of aromatic nitrogens is 4. The summed E-state index contributed by atoms with van der Waals surface area (Å²) in [5, 5.41) is 10.1. The Labute approximate surface area is 178 Å². The van der Waals surface area contributed by atoms with E-state index in [2.05, 4.69) is 15.2 Å². The van der Waals surface area contributed by atoms with Gasteiger partial charge in [0.2, 0.25) is 0 Å². The van der Waals surface area contributed by atoms with Gasteiger partial charge in [-0.3, -0.25) is 9.36 Å². The van der Waals surface area contributed by atoms with Gasteiger partial charge in [-0.15, -0.1) is 10.2 Å². The second kappa shape index (κ2) is 8.62. The zero-order chi connectivity index (χ0) is 21.1. The van der Waals surface area contributed by atoms with Gasteiger partial charge in [-0.05, 0) is 44.2 Å². The van der Waals surface area contributed by atoms with E-state index in [0.29, 0.717) is 17.6 Å². The van der Waals surface area contributed by atoms with Crippen molar-refractivity contribution in [3.63, 3.8) is 0 Å². The number of para-hydroxylation sites is 1. The molecule has 154 valence electrons. The lowest BCUT2D eigenvalue weighted by atomic mass is 10.1. The maximum Gasteiger partial charge on any atom is 0.318 e. The number of carbonyl (C=O) groups is 1. The summed E-state index contributed by atoms with van der Waals surface area (Å²) in [6.07, 6.45) is 1.93. The van der Waals surface area contributed by atoms with Gasteiger partial charge in [0.05, 0.1) is 13.7 Å². The molecule has 0 aliphatic rings. The first kappa shape index (κ1) is 20.0. The molecule has 0 radical (unpaired) electrons. The van der Waals surface area contributed by atoms with Gasteiger partial charge in [0.25, 0.3) is 0 Å². The summed E-state index contributed by atoms with van der Waals surface area (Å²) in [6.45, 7) is 4.34. The number of hydrogen-bond donors (Lipinski definition) is 1. The van der Waals surface area contributed by atoms with E-state index < -0.39 is 5.25 Å². The van der Waals surface area contributed by atoms with Gasteiger partial charge in [0, 0.05) is 28.4 Å². The van der Waals surface area contributed by atoms with Crippen molar-refractivity contribution in [3.05, 3.63) is 54.7 Å². The Morgan fingerprint density at radius 2 is 1.93 bits per heavy atom. The van der Waals surface area contributed by atoms with Crippen LogP contribution < -0.4 is 4.74 Å². The molecule has 7 nitrogen and oxygen atoms in total. The van der Waals surface area contributed by atoms with Crippen molar-refractivity contribution in [2.45, 2.75) is 24.3 Å². The minimum atomic E-state index is -0.420. The molecule has 8 heteroatoms. The van der Waals surface area contributed by atoms with Gasteiger partial charge in [-0.1, -0.05) is 30.0 Å². The van der Waals surface area contributed by atoms with Crippen molar-refractivity contribution >= 4 is 28.6 Å². The summed E-state index contributed by atoms with van der Waals surface area (Å²) < 4.78 is 12.4. The number of nitrogens with zero attached hydrogens (tertiary/aromatic N) is 3. The minimum absolute atomic E-state index is 0.310. The first-order valence-electron chi connectivity index (χ1n) is 9.62. The average molecular weight is 423 g/mol. The molecule has 2 aromatic heterocycles. The van der Waals surface area contributed by atoms with E-state index in [0.717, 1.165) is 27.9 Å². The number of methoxy groups -OCH3 is 1. The predicted molar refractivity (Wildman–Crippen MR) is 117 cm³/mol. The van der Waals surface area contributed by atoms with Crippen LogP contribution in [0.4, 0.5) is 0 Å². The van der Waals surface area contributed by atoms with Gasteiger partial charge in [0.15, 0.2) is 11.0 Å². The number of fused-ring (bicyclic) bond motifs is 1. The Morgan fingerprint density at radius 3 is 2.67 bits per heavy atom. The fraction of sp³-hybridized carbons (Fsp3) is 0.227. The van der Waals surface area contributed by atoms with Crippen LogP contribution in [0.3, 0.4) is 0 Å². The number of benzene rings is 2. The SMILES string of the molecule is CCOc1ccc(-n2c(S[C@H](C)C(=O)OC)nnc2-c2c[nH]c3ccccc23)cc1. The van der Waals surface area contributed by atoms with E-state index in [-0.39, 0.29) is 5.97 Å². The summed E-state index contributed by atoms with van der Waals surface area (Å²) in [6, 6.07) is 15.8. The first-order chi connectivity index (χ1) is 14.6. The van der Waals surface area contributed by atoms with Crippen molar-refractivity contribution in [1.82, 2.24) is 19.7 Å². The van der Waals surface area contributed by atoms with Crippen LogP contribution in [0.15, 0.2) is 59.9 Å². The summed E-state index contributed by atoms with van der Waals surface area (Å²) in [5.74, 6) is 1.17. The van der Waals surface area contributed by atoms with Crippen LogP contribution in [0.1, 0.15) is 13.8 Å². The number of thioether (sulfide) groups is 1. The zero-order valence-corrected chi connectivity index (χ0v) is 17.8. The Bertz CT molecular complexity index is 1170. The lowest BCUT2D eigenvalue weighted by Crippen LogP contribution is -2.15. The monoisotopic (exact) mass is 422 g/mol. The summed E-state index contributed by atoms with van der Waals surface area (Å²) in [4.78, 5) is 15.3. The molecule has 1 atom stereocenters. The third kappa shape index (κ3) is 3.78. The molecule has 0 bridgehead atoms. The molecule has 0 saturated heterocycles. The zero-order valence-electron chi connectivity index (χ0n) is 17.0. The second-order valence-corrected chi connectivity index (χ2v) is 7.91. The molecule has 4 aromatic rings. The molecule has 0 unspecified atom stereocenters. The fourth-order valence-corrected chi connectivity index (χ4v) is 4.13. The highest BCUT2D eigenvalue weighted by atomic mass is 32.2. The Balaban J connectivity index is 1.83. The van der Waals surface area contributed by atoms with Crippen LogP contribution >= 0.6 is 11.8 Å². The van der Waals surface area contributed by atoms with Crippen LogP contribution in [-0.4, -0.2) is 44.7 Å². The molecule has 1 N–H and O–H groups in total. The highest BCUT2D eigenvalue weighted by Crippen LogP contribution is 2.34. The van der Waals surface area contributed by atoms with Crippen LogP contribution in [0, 0.1) is 0 Å². The fourth-order valence-electron chi connectivity index (χ4n) is 3.24. The van der Waals surface area contributed by atoms with Gasteiger partial charge >= 0.3 is 5.97 Å². The maximum atomic E-state index is 12.0. The van der Waals surface area contributed by atoms with E-state index >= 15 is 0 Å². The van der Waals surface area contributed by atoms with Crippen LogP contribution in [-0.2, 0) is 9.53 Å². The first-order valence-corrected chi connectivity index (χ1v) is 10.5. The van der Waals surface area contributed by atoms with Crippen LogP contribution in [0.25, 0.3) is 28.0 Å². The molecule has 30 heavy (non-hydrogen) atoms. The van der Waals surface area contributed by atoms with Crippen molar-refractivity contribution in [2.75, 3.05) is 13.7 Å². The number of ether oxygens (including phenoxy) is 2. The highest BCUT2D eigenvalue weighted by Gasteiger charge is 2.23. The molecule has 0 saturated carbocycles. The van der Waals surface area contributed by atoms with Crippen molar-refractivity contribution in [2.24, 2.45) is 0 Å². The third-order valence-corrected chi connectivity index (χ3v) is 5.71. The van der Waals surface area contributed by atoms with Gasteiger partial charge in [0.1, 0.15) is 11.0 Å². The molecule has 0 aliphatic heterocycles. The number of rotatable bonds is 7. The summed E-state index contributed by atoms with van der Waals surface area (Å²) in [5.41, 5.74) is 2.83. The molecular formula is C22H22N4O3S. The van der Waals surface area contributed by atoms with Crippen molar-refractivity contribution in [1.29, 1.82) is 0 Å². The topological polar surface area (TPSA) is 82.0 Å². The lowest BCUT2D eigenvalue weighted by molar-refractivity contribution is -0.139. The Morgan fingerprint density at radius 1 is 1.17 bits per heavy atom. The molecule has 2 heterocycles. The normalized spacial score (nSPS) is 12.1. The second-order valence-electron chi connectivity index (χ2n) is 6.60. The van der Waals surface area contributed by atoms with Gasteiger partial charge in [-0.2, -0.15) is 0 Å². The van der Waals surface area contributed by atoms with Crippen molar-refractivity contribution < 1.29 is 14.3 Å². The molecule has 0 aliphatic carbocycles. The van der Waals surface area contributed by atoms with Crippen molar-refractivity contribution in [3.8, 4) is 22.8 Å². The van der Waals surface area contributed by atoms with E-state index in [1.807, 2.05) is 66.2 Å². The van der Waals surface area contributed by atoms with Gasteiger partial charge in [-0.25, -0.2) is 0 Å². The minimum Gasteiger partial charge on any atom is -0.494 e. The van der Waals surface area contributed by atoms with Crippen LogP contribution in [0.2, 0.25) is 0 Å². The molecular weight excluding hydrogens is 400 g/mol. The Hall–Kier alpha value is -3.26. The van der Waals surface area contributed by atoms with Gasteiger partial charge < -0.3 is 14.5 Å². The van der Waals surface area contributed by atoms with E-state index in [4.69, 9.17) is 9.47 Å². The number of aromatic amines is 1. The molecule has 0 amide bonds. The summed E-state index contributed by atoms with van der Waals surface area (Å²) >= 11 is 1.31. The number of hydrogen-bond acceptors (Lipinski definition) is 6. The highest BCUT2D eigenvalue weighted by molar-refractivity contribution is 8.00. The largest absolute Gasteiger partial charge is 0.494 e. The van der Waals surface area contributed by atoms with E-state index in [1.54, 1.807) is 6.92 Å². The Kier molecular flexibility index (Phi) is 5.76. The predicted octanol–water partition coefficient (Wildman–Crippen LogP) is 4.47. The molecule has 0 fully saturated rings. The number of carbonyl (C=O) groups excluding carboxylic acids is 1. The molecule has 2 aromatic carbocycles. The lowest BCUT2D eigenvalue weighted by Gasteiger charge is -2.13.